The summed E-state index contributed by atoms with van der Waals surface area (Å²) < 4.78 is 11.2. The molecule has 116 valence electrons. The van der Waals surface area contributed by atoms with Gasteiger partial charge in [0.2, 0.25) is 0 Å². The lowest BCUT2D eigenvalue weighted by molar-refractivity contribution is -0.000348. The highest BCUT2D eigenvalue weighted by molar-refractivity contribution is 5.29. The molecular formula is C18H27NO2. The SMILES string of the molecule is CNC(C1CCOCC1)C1(c2ccccc2)CCOCC1. The Morgan fingerprint density at radius 3 is 2.24 bits per heavy atom. The minimum absolute atomic E-state index is 0.205. The standard InChI is InChI=1S/C18H27NO2/c1-19-17(15-7-11-20-12-8-15)18(9-13-21-14-10-18)16-5-3-2-4-6-16/h2-6,15,17,19H,7-14H2,1H3. The van der Waals surface area contributed by atoms with Crippen LogP contribution in [0.5, 0.6) is 0 Å². The van der Waals surface area contributed by atoms with E-state index in [2.05, 4.69) is 42.7 Å². The number of hydrogen-bond acceptors (Lipinski definition) is 3. The average molecular weight is 289 g/mol. The van der Waals surface area contributed by atoms with Gasteiger partial charge in [0.15, 0.2) is 0 Å². The molecule has 1 atom stereocenters. The largest absolute Gasteiger partial charge is 0.381 e. The minimum Gasteiger partial charge on any atom is -0.381 e. The third-order valence-corrected chi connectivity index (χ3v) is 5.38. The number of ether oxygens (including phenoxy) is 2. The summed E-state index contributed by atoms with van der Waals surface area (Å²) in [5, 5.41) is 3.67. The van der Waals surface area contributed by atoms with E-state index in [1.165, 1.54) is 18.4 Å². The zero-order chi connectivity index (χ0) is 14.5. The maximum absolute atomic E-state index is 5.68. The van der Waals surface area contributed by atoms with Crippen LogP contribution in [0.25, 0.3) is 0 Å². The van der Waals surface area contributed by atoms with Crippen molar-refractivity contribution >= 4 is 0 Å². The third kappa shape index (κ3) is 3.01. The highest BCUT2D eigenvalue weighted by Gasteiger charge is 2.44. The fourth-order valence-electron chi connectivity index (χ4n) is 4.30. The van der Waals surface area contributed by atoms with Crippen LogP contribution < -0.4 is 5.32 Å². The second-order valence-corrected chi connectivity index (χ2v) is 6.35. The average Bonchev–Trinajstić information content (AvgIpc) is 2.58. The highest BCUT2D eigenvalue weighted by atomic mass is 16.5. The molecule has 0 radical (unpaired) electrons. The fraction of sp³-hybridized carbons (Fsp3) is 0.667. The van der Waals surface area contributed by atoms with Crippen molar-refractivity contribution in [1.82, 2.24) is 5.32 Å². The smallest absolute Gasteiger partial charge is 0.0475 e. The number of likely N-dealkylation sites (N-methyl/N-ethyl adjacent to an activating group) is 1. The Hall–Kier alpha value is -0.900. The predicted octanol–water partition coefficient (Wildman–Crippen LogP) is 2.75. The van der Waals surface area contributed by atoms with E-state index < -0.39 is 0 Å². The number of rotatable bonds is 4. The van der Waals surface area contributed by atoms with Gasteiger partial charge in [-0.2, -0.15) is 0 Å². The van der Waals surface area contributed by atoms with Crippen LogP contribution in [0.1, 0.15) is 31.2 Å². The molecule has 2 fully saturated rings. The molecule has 1 aromatic carbocycles. The number of nitrogens with one attached hydrogen (secondary N) is 1. The van der Waals surface area contributed by atoms with Crippen molar-refractivity contribution in [3.05, 3.63) is 35.9 Å². The van der Waals surface area contributed by atoms with Gasteiger partial charge in [0.1, 0.15) is 0 Å². The van der Waals surface area contributed by atoms with E-state index in [1.54, 1.807) is 0 Å². The third-order valence-electron chi connectivity index (χ3n) is 5.38. The predicted molar refractivity (Wildman–Crippen MR) is 84.6 cm³/mol. The van der Waals surface area contributed by atoms with Crippen LogP contribution in [0.4, 0.5) is 0 Å². The summed E-state index contributed by atoms with van der Waals surface area (Å²) >= 11 is 0. The van der Waals surface area contributed by atoms with Crippen LogP contribution in [-0.2, 0) is 14.9 Å². The molecule has 3 heteroatoms. The van der Waals surface area contributed by atoms with Gasteiger partial charge in [0, 0.05) is 37.9 Å². The quantitative estimate of drug-likeness (QED) is 0.924. The summed E-state index contributed by atoms with van der Waals surface area (Å²) in [6.07, 6.45) is 4.56. The van der Waals surface area contributed by atoms with E-state index >= 15 is 0 Å². The zero-order valence-corrected chi connectivity index (χ0v) is 13.0. The maximum atomic E-state index is 5.68. The molecule has 2 saturated heterocycles. The van der Waals surface area contributed by atoms with Crippen LogP contribution >= 0.6 is 0 Å². The first-order chi connectivity index (χ1) is 10.4. The molecule has 0 amide bonds. The van der Waals surface area contributed by atoms with Gasteiger partial charge in [0.05, 0.1) is 0 Å². The summed E-state index contributed by atoms with van der Waals surface area (Å²) in [5.74, 6) is 0.696. The topological polar surface area (TPSA) is 30.5 Å². The van der Waals surface area contributed by atoms with Crippen molar-refractivity contribution in [3.63, 3.8) is 0 Å². The second kappa shape index (κ2) is 6.91. The molecule has 0 saturated carbocycles. The monoisotopic (exact) mass is 289 g/mol. The van der Waals surface area contributed by atoms with E-state index in [0.29, 0.717) is 12.0 Å². The Bertz CT molecular complexity index is 422. The van der Waals surface area contributed by atoms with Crippen molar-refractivity contribution in [2.45, 2.75) is 37.1 Å². The van der Waals surface area contributed by atoms with Crippen molar-refractivity contribution in [2.75, 3.05) is 33.5 Å². The summed E-state index contributed by atoms with van der Waals surface area (Å²) in [6.45, 7) is 3.56. The van der Waals surface area contributed by atoms with E-state index in [4.69, 9.17) is 9.47 Å². The van der Waals surface area contributed by atoms with Gasteiger partial charge < -0.3 is 14.8 Å². The Morgan fingerprint density at radius 1 is 1.00 bits per heavy atom. The summed E-state index contributed by atoms with van der Waals surface area (Å²) in [5.41, 5.74) is 1.68. The number of hydrogen-bond donors (Lipinski definition) is 1. The van der Waals surface area contributed by atoms with Crippen molar-refractivity contribution in [2.24, 2.45) is 5.92 Å². The summed E-state index contributed by atoms with van der Waals surface area (Å²) in [6, 6.07) is 11.6. The highest BCUT2D eigenvalue weighted by Crippen LogP contribution is 2.42. The van der Waals surface area contributed by atoms with Crippen molar-refractivity contribution < 1.29 is 9.47 Å². The van der Waals surface area contributed by atoms with Crippen LogP contribution in [0.15, 0.2) is 30.3 Å². The van der Waals surface area contributed by atoms with Gasteiger partial charge in [-0.3, -0.25) is 0 Å². The Kier molecular flexibility index (Phi) is 4.94. The normalized spacial score (nSPS) is 24.6. The van der Waals surface area contributed by atoms with E-state index in [9.17, 15) is 0 Å². The van der Waals surface area contributed by atoms with Gasteiger partial charge in [-0.25, -0.2) is 0 Å². The first-order valence-electron chi connectivity index (χ1n) is 8.25. The van der Waals surface area contributed by atoms with Crippen LogP contribution in [0.3, 0.4) is 0 Å². The Balaban J connectivity index is 1.93. The first kappa shape index (κ1) is 15.0. The molecule has 0 bridgehead atoms. The van der Waals surface area contributed by atoms with Crippen LogP contribution in [0, 0.1) is 5.92 Å². The molecule has 2 aliphatic heterocycles. The summed E-state index contributed by atoms with van der Waals surface area (Å²) in [7, 11) is 2.13. The molecule has 1 aromatic rings. The van der Waals surface area contributed by atoms with Gasteiger partial charge in [-0.15, -0.1) is 0 Å². The van der Waals surface area contributed by atoms with Crippen LogP contribution in [0.2, 0.25) is 0 Å². The molecule has 3 nitrogen and oxygen atoms in total. The summed E-state index contributed by atoms with van der Waals surface area (Å²) in [4.78, 5) is 0. The Labute approximate surface area is 128 Å². The molecule has 2 aliphatic rings. The second-order valence-electron chi connectivity index (χ2n) is 6.35. The molecule has 0 aliphatic carbocycles. The lowest BCUT2D eigenvalue weighted by Gasteiger charge is -2.48. The Morgan fingerprint density at radius 2 is 1.62 bits per heavy atom. The zero-order valence-electron chi connectivity index (χ0n) is 13.0. The fourth-order valence-corrected chi connectivity index (χ4v) is 4.30. The van der Waals surface area contributed by atoms with E-state index in [-0.39, 0.29) is 5.41 Å². The first-order valence-corrected chi connectivity index (χ1v) is 8.25. The molecule has 0 aromatic heterocycles. The van der Waals surface area contributed by atoms with Crippen molar-refractivity contribution in [1.29, 1.82) is 0 Å². The van der Waals surface area contributed by atoms with Crippen molar-refractivity contribution in [3.8, 4) is 0 Å². The molecule has 1 unspecified atom stereocenters. The van der Waals surface area contributed by atoms with Gasteiger partial charge >= 0.3 is 0 Å². The molecule has 1 N–H and O–H groups in total. The lowest BCUT2D eigenvalue weighted by atomic mass is 9.64. The van der Waals surface area contributed by atoms with Crippen LogP contribution in [-0.4, -0.2) is 39.5 Å². The van der Waals surface area contributed by atoms with Gasteiger partial charge in [-0.1, -0.05) is 30.3 Å². The molecule has 21 heavy (non-hydrogen) atoms. The number of benzene rings is 1. The van der Waals surface area contributed by atoms with Gasteiger partial charge in [-0.05, 0) is 44.2 Å². The molecule has 2 heterocycles. The molecule has 0 spiro atoms. The minimum atomic E-state index is 0.205. The van der Waals surface area contributed by atoms with Gasteiger partial charge in [0.25, 0.3) is 0 Å². The molecular weight excluding hydrogens is 262 g/mol. The lowest BCUT2D eigenvalue weighted by Crippen LogP contribution is -2.55. The maximum Gasteiger partial charge on any atom is 0.0475 e. The van der Waals surface area contributed by atoms with E-state index in [1.807, 2.05) is 0 Å². The van der Waals surface area contributed by atoms with E-state index in [0.717, 1.165) is 39.3 Å². The molecule has 3 rings (SSSR count).